The minimum Gasteiger partial charge on any atom is -0.497 e. The molecule has 0 bridgehead atoms. The maximum Gasteiger partial charge on any atom is 0.138 e. The molecule has 1 unspecified atom stereocenters. The van der Waals surface area contributed by atoms with Crippen molar-refractivity contribution in [3.8, 4) is 11.5 Å². The molecule has 0 aliphatic heterocycles. The molecule has 1 heterocycles. The molecule has 2 rings (SSSR count). The molecular formula is C17H22N2O2. The number of nitrogens with one attached hydrogen (secondary N) is 1. The van der Waals surface area contributed by atoms with Crippen LogP contribution >= 0.6 is 0 Å². The van der Waals surface area contributed by atoms with Crippen molar-refractivity contribution in [1.29, 1.82) is 0 Å². The van der Waals surface area contributed by atoms with Gasteiger partial charge in [-0.3, -0.25) is 4.98 Å². The summed E-state index contributed by atoms with van der Waals surface area (Å²) in [6, 6.07) is 12.1. The van der Waals surface area contributed by atoms with Gasteiger partial charge in [-0.1, -0.05) is 19.1 Å². The Labute approximate surface area is 126 Å². The second-order valence-corrected chi connectivity index (χ2v) is 4.81. The first-order valence-corrected chi connectivity index (χ1v) is 7.15. The van der Waals surface area contributed by atoms with Crippen molar-refractivity contribution >= 4 is 0 Å². The predicted molar refractivity (Wildman–Crippen MR) is 83.7 cm³/mol. The molecule has 1 atom stereocenters. The van der Waals surface area contributed by atoms with Crippen LogP contribution in [0, 0.1) is 0 Å². The van der Waals surface area contributed by atoms with E-state index in [-0.39, 0.29) is 0 Å². The normalized spacial score (nSPS) is 12.0. The van der Waals surface area contributed by atoms with Gasteiger partial charge in [-0.05, 0) is 43.3 Å². The SMILES string of the molecule is CCC(NC)c1ccc(OCc2ccc(OC)cc2)cn1. The molecule has 4 heteroatoms. The highest BCUT2D eigenvalue weighted by Crippen LogP contribution is 2.18. The third kappa shape index (κ3) is 4.20. The number of pyridine rings is 1. The van der Waals surface area contributed by atoms with Gasteiger partial charge in [0, 0.05) is 6.04 Å². The van der Waals surface area contributed by atoms with E-state index < -0.39 is 0 Å². The highest BCUT2D eigenvalue weighted by atomic mass is 16.5. The van der Waals surface area contributed by atoms with E-state index in [0.717, 1.165) is 29.2 Å². The highest BCUT2D eigenvalue weighted by Gasteiger charge is 2.07. The van der Waals surface area contributed by atoms with Crippen molar-refractivity contribution in [2.24, 2.45) is 0 Å². The molecule has 0 saturated heterocycles. The van der Waals surface area contributed by atoms with Crippen LogP contribution in [0.25, 0.3) is 0 Å². The van der Waals surface area contributed by atoms with E-state index in [0.29, 0.717) is 12.6 Å². The smallest absolute Gasteiger partial charge is 0.138 e. The van der Waals surface area contributed by atoms with Crippen molar-refractivity contribution in [3.63, 3.8) is 0 Å². The molecule has 0 saturated carbocycles. The van der Waals surface area contributed by atoms with Gasteiger partial charge in [0.2, 0.25) is 0 Å². The summed E-state index contributed by atoms with van der Waals surface area (Å²) in [5.41, 5.74) is 2.14. The first kappa shape index (κ1) is 15.3. The van der Waals surface area contributed by atoms with Crippen LogP contribution in [0.5, 0.6) is 11.5 Å². The lowest BCUT2D eigenvalue weighted by atomic mass is 10.1. The maximum atomic E-state index is 5.74. The molecule has 4 nitrogen and oxygen atoms in total. The molecule has 1 aromatic carbocycles. The van der Waals surface area contributed by atoms with Crippen LogP contribution in [0.15, 0.2) is 42.6 Å². The minimum absolute atomic E-state index is 0.292. The van der Waals surface area contributed by atoms with Crippen molar-refractivity contribution in [1.82, 2.24) is 10.3 Å². The van der Waals surface area contributed by atoms with E-state index in [1.165, 1.54) is 0 Å². The van der Waals surface area contributed by atoms with E-state index in [1.54, 1.807) is 13.3 Å². The molecule has 0 spiro atoms. The molecule has 0 fully saturated rings. The number of ether oxygens (including phenoxy) is 2. The lowest BCUT2D eigenvalue weighted by molar-refractivity contribution is 0.304. The zero-order valence-electron chi connectivity index (χ0n) is 12.8. The molecular weight excluding hydrogens is 264 g/mol. The van der Waals surface area contributed by atoms with E-state index in [4.69, 9.17) is 9.47 Å². The summed E-state index contributed by atoms with van der Waals surface area (Å²) in [6.07, 6.45) is 2.79. The molecule has 112 valence electrons. The fourth-order valence-electron chi connectivity index (χ4n) is 2.13. The van der Waals surface area contributed by atoms with Crippen molar-refractivity contribution < 1.29 is 9.47 Å². The van der Waals surface area contributed by atoms with Gasteiger partial charge in [0.05, 0.1) is 19.0 Å². The van der Waals surface area contributed by atoms with Gasteiger partial charge >= 0.3 is 0 Å². The van der Waals surface area contributed by atoms with Gasteiger partial charge in [0.15, 0.2) is 0 Å². The average molecular weight is 286 g/mol. The zero-order valence-corrected chi connectivity index (χ0v) is 12.8. The highest BCUT2D eigenvalue weighted by molar-refractivity contribution is 5.27. The fourth-order valence-corrected chi connectivity index (χ4v) is 2.13. The number of methoxy groups -OCH3 is 1. The van der Waals surface area contributed by atoms with Gasteiger partial charge in [0.1, 0.15) is 18.1 Å². The number of benzene rings is 1. The van der Waals surface area contributed by atoms with E-state index >= 15 is 0 Å². The third-order valence-corrected chi connectivity index (χ3v) is 3.44. The molecule has 2 aromatic rings. The summed E-state index contributed by atoms with van der Waals surface area (Å²) < 4.78 is 10.9. The van der Waals surface area contributed by atoms with Crippen LogP contribution in [0.1, 0.15) is 30.6 Å². The Balaban J connectivity index is 1.93. The summed E-state index contributed by atoms with van der Waals surface area (Å²) in [5.74, 6) is 1.63. The fraction of sp³-hybridized carbons (Fsp3) is 0.353. The Morgan fingerprint density at radius 2 is 1.81 bits per heavy atom. The summed E-state index contributed by atoms with van der Waals surface area (Å²) >= 11 is 0. The number of aromatic nitrogens is 1. The Morgan fingerprint density at radius 1 is 1.10 bits per heavy atom. The second kappa shape index (κ2) is 7.64. The largest absolute Gasteiger partial charge is 0.497 e. The van der Waals surface area contributed by atoms with Crippen molar-refractivity contribution in [3.05, 3.63) is 53.9 Å². The third-order valence-electron chi connectivity index (χ3n) is 3.44. The Bertz CT molecular complexity index is 534. The van der Waals surface area contributed by atoms with Crippen LogP contribution < -0.4 is 14.8 Å². The lowest BCUT2D eigenvalue weighted by Crippen LogP contribution is -2.16. The zero-order chi connectivity index (χ0) is 15.1. The first-order chi connectivity index (χ1) is 10.3. The van der Waals surface area contributed by atoms with Crippen molar-refractivity contribution in [2.75, 3.05) is 14.2 Å². The van der Waals surface area contributed by atoms with Gasteiger partial charge < -0.3 is 14.8 Å². The summed E-state index contributed by atoms with van der Waals surface area (Å²) in [7, 11) is 3.61. The molecule has 0 aliphatic carbocycles. The number of nitrogens with zero attached hydrogens (tertiary/aromatic N) is 1. The first-order valence-electron chi connectivity index (χ1n) is 7.15. The minimum atomic E-state index is 0.292. The van der Waals surface area contributed by atoms with Gasteiger partial charge in [-0.15, -0.1) is 0 Å². The predicted octanol–water partition coefficient (Wildman–Crippen LogP) is 3.34. The summed E-state index contributed by atoms with van der Waals surface area (Å²) in [5, 5.41) is 3.24. The number of hydrogen-bond donors (Lipinski definition) is 1. The monoisotopic (exact) mass is 286 g/mol. The average Bonchev–Trinajstić information content (AvgIpc) is 2.55. The lowest BCUT2D eigenvalue weighted by Gasteiger charge is -2.13. The molecule has 1 N–H and O–H groups in total. The van der Waals surface area contributed by atoms with Crippen LogP contribution in [-0.4, -0.2) is 19.1 Å². The van der Waals surface area contributed by atoms with Gasteiger partial charge in [-0.2, -0.15) is 0 Å². The topological polar surface area (TPSA) is 43.4 Å². The summed E-state index contributed by atoms with van der Waals surface area (Å²) in [4.78, 5) is 4.45. The second-order valence-electron chi connectivity index (χ2n) is 4.81. The van der Waals surface area contributed by atoms with Gasteiger partial charge in [0.25, 0.3) is 0 Å². The van der Waals surface area contributed by atoms with Crippen LogP contribution in [0.3, 0.4) is 0 Å². The quantitative estimate of drug-likeness (QED) is 0.847. The van der Waals surface area contributed by atoms with Crippen LogP contribution in [0.2, 0.25) is 0 Å². The molecule has 21 heavy (non-hydrogen) atoms. The Kier molecular flexibility index (Phi) is 5.58. The van der Waals surface area contributed by atoms with Crippen LogP contribution in [0.4, 0.5) is 0 Å². The maximum absolute atomic E-state index is 5.74. The van der Waals surface area contributed by atoms with Crippen molar-refractivity contribution in [2.45, 2.75) is 26.0 Å². The van der Waals surface area contributed by atoms with Gasteiger partial charge in [-0.25, -0.2) is 0 Å². The molecule has 0 radical (unpaired) electrons. The van der Waals surface area contributed by atoms with E-state index in [1.807, 2.05) is 43.4 Å². The molecule has 1 aromatic heterocycles. The Morgan fingerprint density at radius 3 is 2.33 bits per heavy atom. The summed E-state index contributed by atoms with van der Waals surface area (Å²) in [6.45, 7) is 2.66. The Hall–Kier alpha value is -2.07. The standard InChI is InChI=1S/C17H22N2O2/c1-4-16(18-2)17-10-9-15(11-19-17)21-12-13-5-7-14(20-3)8-6-13/h5-11,16,18H,4,12H2,1-3H3. The number of hydrogen-bond acceptors (Lipinski definition) is 4. The van der Waals surface area contributed by atoms with E-state index in [2.05, 4.69) is 17.2 Å². The molecule has 0 amide bonds. The van der Waals surface area contributed by atoms with E-state index in [9.17, 15) is 0 Å². The molecule has 0 aliphatic rings. The van der Waals surface area contributed by atoms with Crippen LogP contribution in [-0.2, 0) is 6.61 Å². The number of rotatable bonds is 7.